The van der Waals surface area contributed by atoms with Gasteiger partial charge in [-0.25, -0.2) is 0 Å². The molecule has 2 aromatic rings. The van der Waals surface area contributed by atoms with E-state index in [4.69, 9.17) is 4.52 Å². The van der Waals surface area contributed by atoms with Crippen LogP contribution in [0.15, 0.2) is 33.3 Å². The maximum atomic E-state index is 5.46. The molecule has 1 aromatic heterocycles. The lowest BCUT2D eigenvalue weighted by Crippen LogP contribution is -2.37. The summed E-state index contributed by atoms with van der Waals surface area (Å²) in [4.78, 5) is 4.57. The highest BCUT2D eigenvalue weighted by Crippen LogP contribution is 2.29. The van der Waals surface area contributed by atoms with E-state index in [1.165, 1.54) is 25.7 Å². The summed E-state index contributed by atoms with van der Waals surface area (Å²) in [7, 11) is 2.04. The molecule has 1 aromatic carbocycles. The number of hydrogen-bond acceptors (Lipinski definition) is 4. The van der Waals surface area contributed by atoms with Gasteiger partial charge in [0.25, 0.3) is 0 Å². The van der Waals surface area contributed by atoms with E-state index in [0.29, 0.717) is 17.8 Å². The van der Waals surface area contributed by atoms with Crippen LogP contribution in [0.25, 0.3) is 11.4 Å². The summed E-state index contributed by atoms with van der Waals surface area (Å²) in [6.45, 7) is 0. The Morgan fingerprint density at radius 1 is 1.29 bits per heavy atom. The Morgan fingerprint density at radius 2 is 2.10 bits per heavy atom. The maximum Gasteiger partial charge on any atom is 0.227 e. The zero-order valence-corrected chi connectivity index (χ0v) is 13.8. The van der Waals surface area contributed by atoms with Crippen LogP contribution in [0, 0.1) is 5.92 Å². The number of nitrogens with one attached hydrogen (secondary N) is 1. The van der Waals surface area contributed by atoms with Gasteiger partial charge in [0.2, 0.25) is 11.7 Å². The molecule has 5 heteroatoms. The first-order valence-corrected chi connectivity index (χ1v) is 8.32. The van der Waals surface area contributed by atoms with Gasteiger partial charge in [-0.2, -0.15) is 4.98 Å². The summed E-state index contributed by atoms with van der Waals surface area (Å²) < 4.78 is 6.45. The third kappa shape index (κ3) is 3.35. The monoisotopic (exact) mass is 349 g/mol. The van der Waals surface area contributed by atoms with Gasteiger partial charge in [0, 0.05) is 22.5 Å². The van der Waals surface area contributed by atoms with Crippen molar-refractivity contribution in [2.24, 2.45) is 5.92 Å². The van der Waals surface area contributed by atoms with E-state index in [1.54, 1.807) is 0 Å². The summed E-state index contributed by atoms with van der Waals surface area (Å²) in [5, 5.41) is 7.55. The number of rotatable bonds is 4. The van der Waals surface area contributed by atoms with Crippen LogP contribution in [0.2, 0.25) is 0 Å². The summed E-state index contributed by atoms with van der Waals surface area (Å²) in [6, 6.07) is 8.51. The van der Waals surface area contributed by atoms with Crippen molar-refractivity contribution in [1.29, 1.82) is 0 Å². The van der Waals surface area contributed by atoms with Crippen molar-refractivity contribution in [2.75, 3.05) is 7.05 Å². The molecule has 0 aliphatic heterocycles. The lowest BCUT2D eigenvalue weighted by Gasteiger charge is -2.30. The number of aromatic nitrogens is 2. The zero-order chi connectivity index (χ0) is 14.7. The van der Waals surface area contributed by atoms with Crippen molar-refractivity contribution < 1.29 is 4.52 Å². The van der Waals surface area contributed by atoms with Gasteiger partial charge in [0.05, 0.1) is 0 Å². The third-order valence-corrected chi connectivity index (χ3v) is 4.99. The average molecular weight is 350 g/mol. The molecule has 1 aliphatic carbocycles. The SMILES string of the molecule is CNC1CCCCC1Cc1nc(-c2ccccc2Br)no1. The molecule has 1 saturated carbocycles. The first-order chi connectivity index (χ1) is 10.3. The second kappa shape index (κ2) is 6.71. The minimum atomic E-state index is 0.567. The summed E-state index contributed by atoms with van der Waals surface area (Å²) in [6.07, 6.45) is 5.95. The predicted molar refractivity (Wildman–Crippen MR) is 85.9 cm³/mol. The molecule has 0 saturated heterocycles. The average Bonchev–Trinajstić information content (AvgIpc) is 2.96. The van der Waals surface area contributed by atoms with Crippen molar-refractivity contribution >= 4 is 15.9 Å². The second-order valence-corrected chi connectivity index (χ2v) is 6.49. The number of benzene rings is 1. The standard InChI is InChI=1S/C16H20BrN3O/c1-18-14-9-5-2-6-11(14)10-15-19-16(20-21-15)12-7-3-4-8-13(12)17/h3-4,7-8,11,14,18H,2,5-6,9-10H2,1H3. The molecule has 4 nitrogen and oxygen atoms in total. The smallest absolute Gasteiger partial charge is 0.227 e. The van der Waals surface area contributed by atoms with Gasteiger partial charge in [0.1, 0.15) is 0 Å². The van der Waals surface area contributed by atoms with Crippen LogP contribution in [0.1, 0.15) is 31.6 Å². The molecule has 112 valence electrons. The fourth-order valence-corrected chi connectivity index (χ4v) is 3.61. The Bertz CT molecular complexity index is 599. The Morgan fingerprint density at radius 3 is 2.90 bits per heavy atom. The van der Waals surface area contributed by atoms with Crippen molar-refractivity contribution in [3.8, 4) is 11.4 Å². The first kappa shape index (κ1) is 14.7. The number of nitrogens with zero attached hydrogens (tertiary/aromatic N) is 2. The molecule has 2 unspecified atom stereocenters. The van der Waals surface area contributed by atoms with Crippen molar-refractivity contribution in [1.82, 2.24) is 15.5 Å². The van der Waals surface area contributed by atoms with Gasteiger partial charge < -0.3 is 9.84 Å². The highest BCUT2D eigenvalue weighted by atomic mass is 79.9. The normalized spacial score (nSPS) is 22.4. The van der Waals surface area contributed by atoms with E-state index < -0.39 is 0 Å². The van der Waals surface area contributed by atoms with Gasteiger partial charge in [-0.15, -0.1) is 0 Å². The molecule has 21 heavy (non-hydrogen) atoms. The largest absolute Gasteiger partial charge is 0.339 e. The predicted octanol–water partition coefficient (Wildman–Crippen LogP) is 3.82. The van der Waals surface area contributed by atoms with Crippen molar-refractivity contribution in [2.45, 2.75) is 38.1 Å². The summed E-state index contributed by atoms with van der Waals surface area (Å²) in [5.41, 5.74) is 0.973. The summed E-state index contributed by atoms with van der Waals surface area (Å²) in [5.74, 6) is 2.00. The third-order valence-electron chi connectivity index (χ3n) is 4.30. The van der Waals surface area contributed by atoms with E-state index in [2.05, 4.69) is 31.4 Å². The molecule has 0 bridgehead atoms. The van der Waals surface area contributed by atoms with Crippen LogP contribution in [0.3, 0.4) is 0 Å². The zero-order valence-electron chi connectivity index (χ0n) is 12.2. The Kier molecular flexibility index (Phi) is 4.70. The molecular weight excluding hydrogens is 330 g/mol. The molecule has 0 spiro atoms. The van der Waals surface area contributed by atoms with Crippen LogP contribution in [-0.4, -0.2) is 23.2 Å². The van der Waals surface area contributed by atoms with Crippen LogP contribution < -0.4 is 5.32 Å². The van der Waals surface area contributed by atoms with E-state index >= 15 is 0 Å². The van der Waals surface area contributed by atoms with Crippen LogP contribution >= 0.6 is 15.9 Å². The molecule has 3 rings (SSSR count). The molecule has 1 fully saturated rings. The Labute approximate surface area is 133 Å². The molecular formula is C16H20BrN3O. The lowest BCUT2D eigenvalue weighted by molar-refractivity contribution is 0.248. The second-order valence-electron chi connectivity index (χ2n) is 5.64. The molecule has 1 heterocycles. The van der Waals surface area contributed by atoms with Gasteiger partial charge in [-0.1, -0.05) is 46.1 Å². The van der Waals surface area contributed by atoms with E-state index in [0.717, 1.165) is 22.3 Å². The van der Waals surface area contributed by atoms with Gasteiger partial charge >= 0.3 is 0 Å². The number of halogens is 1. The van der Waals surface area contributed by atoms with Crippen LogP contribution in [-0.2, 0) is 6.42 Å². The minimum Gasteiger partial charge on any atom is -0.339 e. The van der Waals surface area contributed by atoms with Gasteiger partial charge in [-0.3, -0.25) is 0 Å². The van der Waals surface area contributed by atoms with Crippen LogP contribution in [0.5, 0.6) is 0 Å². The lowest BCUT2D eigenvalue weighted by atomic mass is 9.82. The van der Waals surface area contributed by atoms with Gasteiger partial charge in [0.15, 0.2) is 0 Å². The minimum absolute atomic E-state index is 0.567. The topological polar surface area (TPSA) is 51.0 Å². The fourth-order valence-electron chi connectivity index (χ4n) is 3.15. The van der Waals surface area contributed by atoms with E-state index in [1.807, 2.05) is 31.3 Å². The highest BCUT2D eigenvalue weighted by molar-refractivity contribution is 9.10. The summed E-state index contributed by atoms with van der Waals surface area (Å²) >= 11 is 3.53. The van der Waals surface area contributed by atoms with Crippen molar-refractivity contribution in [3.05, 3.63) is 34.6 Å². The van der Waals surface area contributed by atoms with E-state index in [9.17, 15) is 0 Å². The maximum absolute atomic E-state index is 5.46. The quantitative estimate of drug-likeness (QED) is 0.911. The molecule has 0 radical (unpaired) electrons. The first-order valence-electron chi connectivity index (χ1n) is 7.52. The van der Waals surface area contributed by atoms with Crippen LogP contribution in [0.4, 0.5) is 0 Å². The van der Waals surface area contributed by atoms with Crippen molar-refractivity contribution in [3.63, 3.8) is 0 Å². The number of hydrogen-bond donors (Lipinski definition) is 1. The molecule has 2 atom stereocenters. The fraction of sp³-hybridized carbons (Fsp3) is 0.500. The molecule has 1 N–H and O–H groups in total. The highest BCUT2D eigenvalue weighted by Gasteiger charge is 2.26. The van der Waals surface area contributed by atoms with E-state index in [-0.39, 0.29) is 0 Å². The molecule has 0 amide bonds. The molecule has 1 aliphatic rings. The Hall–Kier alpha value is -1.20. The van der Waals surface area contributed by atoms with Gasteiger partial charge in [-0.05, 0) is 37.9 Å². The Balaban J connectivity index is 1.75.